The van der Waals surface area contributed by atoms with E-state index in [1.807, 2.05) is 0 Å². The normalized spacial score (nSPS) is 16.1. The molecule has 17 heavy (non-hydrogen) atoms. The quantitative estimate of drug-likeness (QED) is 0.818. The number of hydrogen-bond acceptors (Lipinski definition) is 1. The van der Waals surface area contributed by atoms with Gasteiger partial charge in [-0.05, 0) is 42.4 Å². The van der Waals surface area contributed by atoms with E-state index in [4.69, 9.17) is 0 Å². The van der Waals surface area contributed by atoms with Gasteiger partial charge >= 0.3 is 0 Å². The van der Waals surface area contributed by atoms with Crippen LogP contribution in [0.15, 0.2) is 30.3 Å². The number of nitrogens with one attached hydrogen (secondary N) is 1. The monoisotopic (exact) mass is 229 g/mol. The molecule has 0 atom stereocenters. The third-order valence-corrected chi connectivity index (χ3v) is 3.33. The molecule has 1 N–H and O–H groups in total. The molecule has 0 spiro atoms. The van der Waals surface area contributed by atoms with Crippen LogP contribution in [0.5, 0.6) is 0 Å². The summed E-state index contributed by atoms with van der Waals surface area (Å²) in [4.78, 5) is 0. The molecule has 1 aliphatic rings. The number of benzene rings is 1. The molecule has 0 aliphatic heterocycles. The van der Waals surface area contributed by atoms with Crippen molar-refractivity contribution in [1.29, 1.82) is 0 Å². The summed E-state index contributed by atoms with van der Waals surface area (Å²) in [5.41, 5.74) is 4.33. The van der Waals surface area contributed by atoms with Crippen LogP contribution in [-0.4, -0.2) is 6.04 Å². The molecule has 0 saturated heterocycles. The standard InChI is InChI=1S/C16H23N/c1-13(2)17-12-14-8-10-16(11-9-14)15-6-4-3-5-7-15/h6,8-11,13,17H,3-5,7,12H2,1-2H3. The van der Waals surface area contributed by atoms with Gasteiger partial charge in [-0.3, -0.25) is 0 Å². The van der Waals surface area contributed by atoms with Crippen LogP contribution in [0.2, 0.25) is 0 Å². The first-order valence-corrected chi connectivity index (χ1v) is 6.77. The van der Waals surface area contributed by atoms with Crippen molar-refractivity contribution < 1.29 is 0 Å². The molecule has 0 radical (unpaired) electrons. The lowest BCUT2D eigenvalue weighted by molar-refractivity contribution is 0.589. The minimum atomic E-state index is 0.552. The second-order valence-electron chi connectivity index (χ2n) is 5.21. The van der Waals surface area contributed by atoms with Crippen LogP contribution in [0.25, 0.3) is 5.57 Å². The van der Waals surface area contributed by atoms with E-state index in [9.17, 15) is 0 Å². The second kappa shape index (κ2) is 6.02. The van der Waals surface area contributed by atoms with Crippen LogP contribution < -0.4 is 5.32 Å². The van der Waals surface area contributed by atoms with Crippen LogP contribution in [0.1, 0.15) is 50.7 Å². The number of allylic oxidation sites excluding steroid dienone is 2. The maximum Gasteiger partial charge on any atom is 0.0207 e. The topological polar surface area (TPSA) is 12.0 Å². The molecule has 0 bridgehead atoms. The highest BCUT2D eigenvalue weighted by atomic mass is 14.9. The number of rotatable bonds is 4. The lowest BCUT2D eigenvalue weighted by Crippen LogP contribution is -2.21. The highest BCUT2D eigenvalue weighted by Crippen LogP contribution is 2.26. The average Bonchev–Trinajstić information content (AvgIpc) is 2.38. The molecule has 0 heterocycles. The summed E-state index contributed by atoms with van der Waals surface area (Å²) in [5, 5.41) is 3.45. The third kappa shape index (κ3) is 3.71. The molecule has 0 saturated carbocycles. The fourth-order valence-electron chi connectivity index (χ4n) is 2.26. The van der Waals surface area contributed by atoms with Gasteiger partial charge < -0.3 is 5.32 Å². The van der Waals surface area contributed by atoms with Gasteiger partial charge in [0.1, 0.15) is 0 Å². The van der Waals surface area contributed by atoms with E-state index in [1.165, 1.54) is 36.8 Å². The summed E-state index contributed by atoms with van der Waals surface area (Å²) in [6.45, 7) is 5.33. The molecule has 92 valence electrons. The van der Waals surface area contributed by atoms with Crippen molar-refractivity contribution >= 4 is 5.57 Å². The molecule has 2 rings (SSSR count). The Morgan fingerprint density at radius 3 is 2.47 bits per heavy atom. The third-order valence-electron chi connectivity index (χ3n) is 3.33. The van der Waals surface area contributed by atoms with E-state index < -0.39 is 0 Å². The van der Waals surface area contributed by atoms with Crippen molar-refractivity contribution in [3.8, 4) is 0 Å². The molecule has 1 heteroatoms. The van der Waals surface area contributed by atoms with Crippen molar-refractivity contribution in [3.63, 3.8) is 0 Å². The predicted octanol–water partition coefficient (Wildman–Crippen LogP) is 4.14. The molecule has 1 nitrogen and oxygen atoms in total. The fraction of sp³-hybridized carbons (Fsp3) is 0.500. The van der Waals surface area contributed by atoms with E-state index in [0.717, 1.165) is 6.54 Å². The average molecular weight is 229 g/mol. The molecule has 1 aromatic carbocycles. The van der Waals surface area contributed by atoms with Gasteiger partial charge in [0.05, 0.1) is 0 Å². The lowest BCUT2D eigenvalue weighted by atomic mass is 9.93. The molecule has 0 aromatic heterocycles. The lowest BCUT2D eigenvalue weighted by Gasteiger charge is -2.13. The first-order chi connectivity index (χ1) is 8.25. The summed E-state index contributed by atoms with van der Waals surface area (Å²) in [5.74, 6) is 0. The van der Waals surface area contributed by atoms with Crippen LogP contribution in [0, 0.1) is 0 Å². The Hall–Kier alpha value is -1.08. The second-order valence-corrected chi connectivity index (χ2v) is 5.21. The van der Waals surface area contributed by atoms with Crippen LogP contribution >= 0.6 is 0 Å². The van der Waals surface area contributed by atoms with Gasteiger partial charge in [-0.25, -0.2) is 0 Å². The van der Waals surface area contributed by atoms with Gasteiger partial charge in [-0.15, -0.1) is 0 Å². The maximum atomic E-state index is 3.45. The Bertz CT molecular complexity index is 373. The van der Waals surface area contributed by atoms with Crippen molar-refractivity contribution in [2.24, 2.45) is 0 Å². The largest absolute Gasteiger partial charge is 0.310 e. The Balaban J connectivity index is 1.99. The first kappa shape index (κ1) is 12.4. The smallest absolute Gasteiger partial charge is 0.0207 e. The Kier molecular flexibility index (Phi) is 4.38. The molecule has 0 amide bonds. The summed E-state index contributed by atoms with van der Waals surface area (Å²) < 4.78 is 0. The molecule has 1 aliphatic carbocycles. The van der Waals surface area contributed by atoms with Crippen LogP contribution in [0.4, 0.5) is 0 Å². The van der Waals surface area contributed by atoms with Gasteiger partial charge in [-0.1, -0.05) is 44.2 Å². The molecule has 0 fully saturated rings. The molecular formula is C16H23N. The van der Waals surface area contributed by atoms with E-state index in [0.29, 0.717) is 6.04 Å². The Labute approximate surface area is 105 Å². The minimum absolute atomic E-state index is 0.552. The zero-order valence-corrected chi connectivity index (χ0v) is 11.0. The van der Waals surface area contributed by atoms with E-state index in [1.54, 1.807) is 5.57 Å². The molecule has 0 unspecified atom stereocenters. The first-order valence-electron chi connectivity index (χ1n) is 6.77. The van der Waals surface area contributed by atoms with Crippen LogP contribution in [0.3, 0.4) is 0 Å². The predicted molar refractivity (Wildman–Crippen MR) is 74.9 cm³/mol. The SMILES string of the molecule is CC(C)NCc1ccc(C2=CCCCC2)cc1. The summed E-state index contributed by atoms with van der Waals surface area (Å²) in [6.07, 6.45) is 7.63. The maximum absolute atomic E-state index is 3.45. The van der Waals surface area contributed by atoms with Crippen LogP contribution in [-0.2, 0) is 6.54 Å². The molecular weight excluding hydrogens is 206 g/mol. The molecule has 1 aromatic rings. The Morgan fingerprint density at radius 2 is 1.88 bits per heavy atom. The van der Waals surface area contributed by atoms with Crippen molar-refractivity contribution in [2.75, 3.05) is 0 Å². The van der Waals surface area contributed by atoms with Gasteiger partial charge in [0.15, 0.2) is 0 Å². The fourth-order valence-corrected chi connectivity index (χ4v) is 2.26. The van der Waals surface area contributed by atoms with E-state index >= 15 is 0 Å². The van der Waals surface area contributed by atoms with Crippen molar-refractivity contribution in [3.05, 3.63) is 41.5 Å². The Morgan fingerprint density at radius 1 is 1.12 bits per heavy atom. The summed E-state index contributed by atoms with van der Waals surface area (Å²) >= 11 is 0. The highest BCUT2D eigenvalue weighted by molar-refractivity contribution is 5.66. The summed E-state index contributed by atoms with van der Waals surface area (Å²) in [7, 11) is 0. The minimum Gasteiger partial charge on any atom is -0.310 e. The van der Waals surface area contributed by atoms with Crippen molar-refractivity contribution in [2.45, 2.75) is 52.1 Å². The van der Waals surface area contributed by atoms with E-state index in [2.05, 4.69) is 49.5 Å². The van der Waals surface area contributed by atoms with Gasteiger partial charge in [0.25, 0.3) is 0 Å². The van der Waals surface area contributed by atoms with E-state index in [-0.39, 0.29) is 0 Å². The van der Waals surface area contributed by atoms with Gasteiger partial charge in [-0.2, -0.15) is 0 Å². The zero-order valence-electron chi connectivity index (χ0n) is 11.0. The number of hydrogen-bond donors (Lipinski definition) is 1. The zero-order chi connectivity index (χ0) is 12.1. The summed E-state index contributed by atoms with van der Waals surface area (Å²) in [6, 6.07) is 9.60. The van der Waals surface area contributed by atoms with Gasteiger partial charge in [0, 0.05) is 12.6 Å². The van der Waals surface area contributed by atoms with Crippen molar-refractivity contribution in [1.82, 2.24) is 5.32 Å². The van der Waals surface area contributed by atoms with Gasteiger partial charge in [0.2, 0.25) is 0 Å². The highest BCUT2D eigenvalue weighted by Gasteiger charge is 2.05.